The highest BCUT2D eigenvalue weighted by atomic mass is 32.2. The summed E-state index contributed by atoms with van der Waals surface area (Å²) in [6, 6.07) is 2.58. The van der Waals surface area contributed by atoms with Crippen LogP contribution in [0, 0.1) is 18.6 Å². The molecule has 1 saturated heterocycles. The van der Waals surface area contributed by atoms with Gasteiger partial charge in [0.15, 0.2) is 11.6 Å². The SMILES string of the molecule is Cc1ncc(CO)c(C2CCN(S(=O)(=O)c3ccc(F)c(F)c3)CC2)n1. The minimum Gasteiger partial charge on any atom is -0.392 e. The van der Waals surface area contributed by atoms with Crippen LogP contribution < -0.4 is 0 Å². The lowest BCUT2D eigenvalue weighted by Gasteiger charge is -2.31. The molecule has 0 atom stereocenters. The number of aryl methyl sites for hydroxylation is 1. The minimum atomic E-state index is -3.89. The van der Waals surface area contributed by atoms with Gasteiger partial charge in [0.1, 0.15) is 5.82 Å². The number of sulfonamides is 1. The topological polar surface area (TPSA) is 83.4 Å². The molecule has 1 N–H and O–H groups in total. The molecule has 9 heteroatoms. The largest absolute Gasteiger partial charge is 0.392 e. The van der Waals surface area contributed by atoms with Gasteiger partial charge in [-0.15, -0.1) is 0 Å². The lowest BCUT2D eigenvalue weighted by Crippen LogP contribution is -2.38. The first-order valence-electron chi connectivity index (χ1n) is 8.21. The van der Waals surface area contributed by atoms with Crippen LogP contribution in [0.5, 0.6) is 0 Å². The van der Waals surface area contributed by atoms with Crippen LogP contribution in [0.1, 0.15) is 35.8 Å². The average molecular weight is 383 g/mol. The van der Waals surface area contributed by atoms with Crippen molar-refractivity contribution in [3.63, 3.8) is 0 Å². The minimum absolute atomic E-state index is 0.00949. The van der Waals surface area contributed by atoms with E-state index in [9.17, 15) is 22.3 Å². The van der Waals surface area contributed by atoms with Crippen LogP contribution in [0.2, 0.25) is 0 Å². The molecule has 2 heterocycles. The molecule has 1 aromatic heterocycles. The van der Waals surface area contributed by atoms with E-state index >= 15 is 0 Å². The van der Waals surface area contributed by atoms with E-state index in [1.165, 1.54) is 4.31 Å². The zero-order valence-electron chi connectivity index (χ0n) is 14.2. The van der Waals surface area contributed by atoms with Gasteiger partial charge in [0, 0.05) is 30.8 Å². The Balaban J connectivity index is 1.78. The number of hydrogen-bond donors (Lipinski definition) is 1. The second-order valence-corrected chi connectivity index (χ2v) is 8.18. The molecule has 2 aromatic rings. The predicted octanol–water partition coefficient (Wildman–Crippen LogP) is 2.12. The summed E-state index contributed by atoms with van der Waals surface area (Å²) in [7, 11) is -3.89. The number of nitrogens with zero attached hydrogens (tertiary/aromatic N) is 3. The third kappa shape index (κ3) is 3.60. The first-order chi connectivity index (χ1) is 12.3. The maximum Gasteiger partial charge on any atom is 0.243 e. The third-order valence-electron chi connectivity index (χ3n) is 4.56. The van der Waals surface area contributed by atoms with Crippen molar-refractivity contribution < 1.29 is 22.3 Å². The van der Waals surface area contributed by atoms with Crippen molar-refractivity contribution in [3.8, 4) is 0 Å². The molecule has 1 fully saturated rings. The Bertz CT molecular complexity index is 913. The molecular formula is C17H19F2N3O3S. The second kappa shape index (κ2) is 7.34. The Hall–Kier alpha value is -1.97. The van der Waals surface area contributed by atoms with Crippen LogP contribution >= 0.6 is 0 Å². The van der Waals surface area contributed by atoms with E-state index in [0.29, 0.717) is 30.3 Å². The van der Waals surface area contributed by atoms with E-state index < -0.39 is 21.7 Å². The first kappa shape index (κ1) is 18.8. The van der Waals surface area contributed by atoms with Crippen molar-refractivity contribution in [2.24, 2.45) is 0 Å². The van der Waals surface area contributed by atoms with Gasteiger partial charge in [-0.05, 0) is 38.0 Å². The molecule has 6 nitrogen and oxygen atoms in total. The summed E-state index contributed by atoms with van der Waals surface area (Å²) < 4.78 is 53.0. The van der Waals surface area contributed by atoms with Gasteiger partial charge in [-0.1, -0.05) is 0 Å². The maximum atomic E-state index is 13.4. The number of rotatable bonds is 4. The summed E-state index contributed by atoms with van der Waals surface area (Å²) in [4.78, 5) is 8.21. The summed E-state index contributed by atoms with van der Waals surface area (Å²) in [5, 5.41) is 9.47. The number of halogens is 2. The molecule has 26 heavy (non-hydrogen) atoms. The molecule has 0 unspecified atom stereocenters. The molecular weight excluding hydrogens is 364 g/mol. The molecule has 0 bridgehead atoms. The van der Waals surface area contributed by atoms with E-state index in [1.807, 2.05) is 0 Å². The summed E-state index contributed by atoms with van der Waals surface area (Å²) >= 11 is 0. The second-order valence-electron chi connectivity index (χ2n) is 6.24. The molecule has 0 amide bonds. The van der Waals surface area contributed by atoms with Gasteiger partial charge >= 0.3 is 0 Å². The van der Waals surface area contributed by atoms with Crippen molar-refractivity contribution in [1.82, 2.24) is 14.3 Å². The number of hydrogen-bond acceptors (Lipinski definition) is 5. The van der Waals surface area contributed by atoms with Crippen molar-refractivity contribution in [2.45, 2.75) is 37.2 Å². The zero-order chi connectivity index (χ0) is 18.9. The quantitative estimate of drug-likeness (QED) is 0.874. The normalized spacial score (nSPS) is 16.8. The monoisotopic (exact) mass is 383 g/mol. The molecule has 1 aromatic carbocycles. The van der Waals surface area contributed by atoms with E-state index in [-0.39, 0.29) is 30.5 Å². The highest BCUT2D eigenvalue weighted by Crippen LogP contribution is 2.31. The molecule has 1 aliphatic heterocycles. The highest BCUT2D eigenvalue weighted by molar-refractivity contribution is 7.89. The summed E-state index contributed by atoms with van der Waals surface area (Å²) in [5.74, 6) is -1.67. The number of aliphatic hydroxyl groups is 1. The van der Waals surface area contributed by atoms with Gasteiger partial charge in [0.25, 0.3) is 0 Å². The van der Waals surface area contributed by atoms with Gasteiger partial charge < -0.3 is 5.11 Å². The van der Waals surface area contributed by atoms with Gasteiger partial charge in [0.05, 0.1) is 17.2 Å². The van der Waals surface area contributed by atoms with Gasteiger partial charge in [-0.25, -0.2) is 27.2 Å². The highest BCUT2D eigenvalue weighted by Gasteiger charge is 2.31. The lowest BCUT2D eigenvalue weighted by atomic mass is 9.92. The Morgan fingerprint density at radius 1 is 1.23 bits per heavy atom. The van der Waals surface area contributed by atoms with E-state index in [4.69, 9.17) is 0 Å². The van der Waals surface area contributed by atoms with Crippen LogP contribution in [-0.4, -0.2) is 40.9 Å². The summed E-state index contributed by atoms with van der Waals surface area (Å²) in [6.07, 6.45) is 2.63. The Kier molecular flexibility index (Phi) is 5.31. The molecule has 0 aliphatic carbocycles. The van der Waals surface area contributed by atoms with Crippen molar-refractivity contribution >= 4 is 10.0 Å². The zero-order valence-corrected chi connectivity index (χ0v) is 15.0. The van der Waals surface area contributed by atoms with E-state index in [1.54, 1.807) is 13.1 Å². The summed E-state index contributed by atoms with van der Waals surface area (Å²) in [6.45, 7) is 2.05. The van der Waals surface area contributed by atoms with Gasteiger partial charge in [0.2, 0.25) is 10.0 Å². The van der Waals surface area contributed by atoms with Gasteiger partial charge in [-0.3, -0.25) is 0 Å². The van der Waals surface area contributed by atoms with Crippen LogP contribution in [0.15, 0.2) is 29.3 Å². The molecule has 0 saturated carbocycles. The smallest absolute Gasteiger partial charge is 0.243 e. The van der Waals surface area contributed by atoms with Crippen LogP contribution in [0.25, 0.3) is 0 Å². The van der Waals surface area contributed by atoms with Crippen molar-refractivity contribution in [1.29, 1.82) is 0 Å². The van der Waals surface area contributed by atoms with Gasteiger partial charge in [-0.2, -0.15) is 4.31 Å². The number of aromatic nitrogens is 2. The van der Waals surface area contributed by atoms with E-state index in [0.717, 1.165) is 17.8 Å². The van der Waals surface area contributed by atoms with E-state index in [2.05, 4.69) is 9.97 Å². The van der Waals surface area contributed by atoms with Crippen LogP contribution in [0.3, 0.4) is 0 Å². The van der Waals surface area contributed by atoms with Crippen LogP contribution in [-0.2, 0) is 16.6 Å². The fourth-order valence-electron chi connectivity index (χ4n) is 3.14. The third-order valence-corrected chi connectivity index (χ3v) is 6.45. The molecule has 1 aliphatic rings. The molecule has 0 radical (unpaired) electrons. The predicted molar refractivity (Wildman–Crippen MR) is 89.8 cm³/mol. The fourth-order valence-corrected chi connectivity index (χ4v) is 4.63. The number of benzene rings is 1. The van der Waals surface area contributed by atoms with Crippen molar-refractivity contribution in [2.75, 3.05) is 13.1 Å². The number of aliphatic hydroxyl groups excluding tert-OH is 1. The standard InChI is InChI=1S/C17H19F2N3O3S/c1-11-20-9-13(10-23)17(21-11)12-4-6-22(7-5-12)26(24,25)14-2-3-15(18)16(19)8-14/h2-3,8-9,12,23H,4-7,10H2,1H3. The Morgan fingerprint density at radius 3 is 2.54 bits per heavy atom. The molecule has 0 spiro atoms. The lowest BCUT2D eigenvalue weighted by molar-refractivity contribution is 0.272. The van der Waals surface area contributed by atoms with Crippen molar-refractivity contribution in [3.05, 3.63) is 53.1 Å². The Labute approximate surface area is 150 Å². The Morgan fingerprint density at radius 2 is 1.92 bits per heavy atom. The molecule has 3 rings (SSSR count). The fraction of sp³-hybridized carbons (Fsp3) is 0.412. The summed E-state index contributed by atoms with van der Waals surface area (Å²) in [5.41, 5.74) is 1.38. The molecule has 140 valence electrons. The maximum absolute atomic E-state index is 13.4. The number of piperidine rings is 1. The first-order valence-corrected chi connectivity index (χ1v) is 9.65. The average Bonchev–Trinajstić information content (AvgIpc) is 2.64. The van der Waals surface area contributed by atoms with Crippen LogP contribution in [0.4, 0.5) is 8.78 Å².